The van der Waals surface area contributed by atoms with E-state index in [4.69, 9.17) is 10.7 Å². The van der Waals surface area contributed by atoms with Crippen LogP contribution in [0.4, 0.5) is 16.4 Å². The van der Waals surface area contributed by atoms with E-state index in [9.17, 15) is 9.59 Å². The average Bonchev–Trinajstić information content (AvgIpc) is 2.80. The van der Waals surface area contributed by atoms with Gasteiger partial charge in [-0.3, -0.25) is 14.7 Å². The first-order valence-corrected chi connectivity index (χ1v) is 10.6. The standard InChI is InChI=1S/C22H24N8O2/c1-13(31)29-7-5-16(6-8-29)30-20-15(12-28(2)22(30)32)11-24-18-4-3-17(27-19(18)20)14-9-25-21(23)26-10-14/h3-4,9-11,16H,5-8,12H2,1-2H3,(H2,23,25,26). The van der Waals surface area contributed by atoms with Crippen molar-refractivity contribution in [3.63, 3.8) is 0 Å². The number of nitrogens with two attached hydrogens (primary N) is 1. The number of nitrogen functional groups attached to an aromatic ring is 1. The number of nitrogens with zero attached hydrogens (tertiary/aromatic N) is 7. The highest BCUT2D eigenvalue weighted by atomic mass is 16.2. The second kappa shape index (κ2) is 7.70. The van der Waals surface area contributed by atoms with Crippen LogP contribution in [0.3, 0.4) is 0 Å². The largest absolute Gasteiger partial charge is 0.368 e. The number of fused-ring (bicyclic) bond motifs is 3. The third-order valence-electron chi connectivity index (χ3n) is 6.19. The zero-order valence-corrected chi connectivity index (χ0v) is 18.0. The molecule has 0 radical (unpaired) electrons. The summed E-state index contributed by atoms with van der Waals surface area (Å²) in [6, 6.07) is 3.68. The molecule has 5 rings (SSSR count). The molecule has 0 atom stereocenters. The number of likely N-dealkylation sites (tertiary alicyclic amines) is 1. The van der Waals surface area contributed by atoms with Gasteiger partial charge in [-0.25, -0.2) is 19.7 Å². The third kappa shape index (κ3) is 3.37. The van der Waals surface area contributed by atoms with Crippen LogP contribution in [0.2, 0.25) is 0 Å². The van der Waals surface area contributed by atoms with Crippen LogP contribution in [0.5, 0.6) is 0 Å². The summed E-state index contributed by atoms with van der Waals surface area (Å²) >= 11 is 0. The van der Waals surface area contributed by atoms with Crippen LogP contribution in [0.25, 0.3) is 22.3 Å². The molecule has 10 nitrogen and oxygen atoms in total. The fraction of sp³-hybridized carbons (Fsp3) is 0.364. The van der Waals surface area contributed by atoms with Crippen LogP contribution in [0, 0.1) is 0 Å². The van der Waals surface area contributed by atoms with Crippen molar-refractivity contribution in [2.24, 2.45) is 0 Å². The summed E-state index contributed by atoms with van der Waals surface area (Å²) in [4.78, 5) is 48.1. The predicted molar refractivity (Wildman–Crippen MR) is 120 cm³/mol. The van der Waals surface area contributed by atoms with Crippen molar-refractivity contribution < 1.29 is 9.59 Å². The maximum atomic E-state index is 13.3. The van der Waals surface area contributed by atoms with Gasteiger partial charge in [0, 0.05) is 62.8 Å². The predicted octanol–water partition coefficient (Wildman–Crippen LogP) is 2.05. The maximum Gasteiger partial charge on any atom is 0.324 e. The second-order valence-electron chi connectivity index (χ2n) is 8.27. The van der Waals surface area contributed by atoms with Crippen LogP contribution >= 0.6 is 0 Å². The highest BCUT2D eigenvalue weighted by Crippen LogP contribution is 2.37. The van der Waals surface area contributed by atoms with Crippen molar-refractivity contribution in [1.82, 2.24) is 29.7 Å². The number of hydrogen-bond acceptors (Lipinski definition) is 7. The van der Waals surface area contributed by atoms with Gasteiger partial charge in [-0.1, -0.05) is 0 Å². The number of carbonyl (C=O) groups is 2. The van der Waals surface area contributed by atoms with E-state index in [1.54, 1.807) is 31.3 Å². The summed E-state index contributed by atoms with van der Waals surface area (Å²) in [5.41, 5.74) is 10.2. The van der Waals surface area contributed by atoms with Gasteiger partial charge in [0.2, 0.25) is 11.9 Å². The fourth-order valence-electron chi connectivity index (χ4n) is 4.49. The Bertz CT molecular complexity index is 1200. The van der Waals surface area contributed by atoms with E-state index in [-0.39, 0.29) is 23.9 Å². The Kier molecular flexibility index (Phi) is 4.84. The zero-order chi connectivity index (χ0) is 22.4. The average molecular weight is 432 g/mol. The molecule has 0 aromatic carbocycles. The minimum atomic E-state index is -0.0608. The second-order valence-corrected chi connectivity index (χ2v) is 8.27. The number of pyridine rings is 2. The lowest BCUT2D eigenvalue weighted by atomic mass is 9.99. The SMILES string of the molecule is CC(=O)N1CCC(N2C(=O)N(C)Cc3cnc4ccc(-c5cnc(N)nc5)nc4c32)CC1. The molecule has 1 fully saturated rings. The Morgan fingerprint density at radius 2 is 1.81 bits per heavy atom. The summed E-state index contributed by atoms with van der Waals surface area (Å²) in [7, 11) is 1.79. The number of aromatic nitrogens is 4. The number of rotatable bonds is 2. The van der Waals surface area contributed by atoms with E-state index >= 15 is 0 Å². The lowest BCUT2D eigenvalue weighted by molar-refractivity contribution is -0.129. The lowest BCUT2D eigenvalue weighted by Crippen LogP contribution is -2.54. The Morgan fingerprint density at radius 1 is 1.09 bits per heavy atom. The molecule has 2 aliphatic heterocycles. The van der Waals surface area contributed by atoms with Crippen molar-refractivity contribution in [2.45, 2.75) is 32.4 Å². The molecular formula is C22H24N8O2. The number of anilines is 2. The van der Waals surface area contributed by atoms with Gasteiger partial charge in [-0.05, 0) is 25.0 Å². The molecule has 2 N–H and O–H groups in total. The Balaban J connectivity index is 1.61. The summed E-state index contributed by atoms with van der Waals surface area (Å²) in [6.07, 6.45) is 6.52. The normalized spacial score (nSPS) is 17.1. The number of amides is 3. The molecule has 5 heterocycles. The van der Waals surface area contributed by atoms with E-state index in [0.29, 0.717) is 49.2 Å². The van der Waals surface area contributed by atoms with Crippen LogP contribution in [0.1, 0.15) is 25.3 Å². The van der Waals surface area contributed by atoms with E-state index < -0.39 is 0 Å². The van der Waals surface area contributed by atoms with Gasteiger partial charge < -0.3 is 15.5 Å². The summed E-state index contributed by atoms with van der Waals surface area (Å²) in [5, 5.41) is 0. The van der Waals surface area contributed by atoms with Gasteiger partial charge in [0.15, 0.2) is 0 Å². The van der Waals surface area contributed by atoms with E-state index in [2.05, 4.69) is 15.0 Å². The molecule has 0 unspecified atom stereocenters. The minimum Gasteiger partial charge on any atom is -0.368 e. The fourth-order valence-corrected chi connectivity index (χ4v) is 4.49. The first-order chi connectivity index (χ1) is 15.4. The molecule has 3 amide bonds. The first-order valence-electron chi connectivity index (χ1n) is 10.6. The number of carbonyl (C=O) groups excluding carboxylic acids is 2. The third-order valence-corrected chi connectivity index (χ3v) is 6.19. The Morgan fingerprint density at radius 3 is 2.50 bits per heavy atom. The van der Waals surface area contributed by atoms with Crippen molar-refractivity contribution in [3.05, 3.63) is 36.3 Å². The molecule has 3 aromatic heterocycles. The molecule has 3 aromatic rings. The van der Waals surface area contributed by atoms with Gasteiger partial charge in [0.1, 0.15) is 5.52 Å². The summed E-state index contributed by atoms with van der Waals surface area (Å²) < 4.78 is 0. The molecule has 0 bridgehead atoms. The van der Waals surface area contributed by atoms with E-state index in [1.165, 1.54) is 0 Å². The smallest absolute Gasteiger partial charge is 0.324 e. The highest BCUT2D eigenvalue weighted by Gasteiger charge is 2.37. The van der Waals surface area contributed by atoms with Crippen LogP contribution in [0.15, 0.2) is 30.7 Å². The van der Waals surface area contributed by atoms with Gasteiger partial charge >= 0.3 is 6.03 Å². The molecule has 164 valence electrons. The molecule has 32 heavy (non-hydrogen) atoms. The Labute approximate surface area is 185 Å². The molecular weight excluding hydrogens is 408 g/mol. The number of piperidine rings is 1. The van der Waals surface area contributed by atoms with Crippen molar-refractivity contribution >= 4 is 34.6 Å². The van der Waals surface area contributed by atoms with Crippen molar-refractivity contribution in [2.75, 3.05) is 30.8 Å². The van der Waals surface area contributed by atoms with Crippen LogP contribution in [-0.2, 0) is 11.3 Å². The van der Waals surface area contributed by atoms with E-state index in [0.717, 1.165) is 16.8 Å². The van der Waals surface area contributed by atoms with Gasteiger partial charge in [-0.15, -0.1) is 0 Å². The zero-order valence-electron chi connectivity index (χ0n) is 18.0. The van der Waals surface area contributed by atoms with Crippen LogP contribution in [-0.4, -0.2) is 67.9 Å². The topological polar surface area (TPSA) is 121 Å². The van der Waals surface area contributed by atoms with Gasteiger partial charge in [0.05, 0.1) is 23.4 Å². The first kappa shape index (κ1) is 20.1. The van der Waals surface area contributed by atoms with Crippen LogP contribution < -0.4 is 10.6 Å². The number of urea groups is 1. The van der Waals surface area contributed by atoms with Gasteiger partial charge in [-0.2, -0.15) is 0 Å². The molecule has 1 saturated heterocycles. The quantitative estimate of drug-likeness (QED) is 0.658. The van der Waals surface area contributed by atoms with Crippen molar-refractivity contribution in [3.8, 4) is 11.3 Å². The monoisotopic (exact) mass is 432 g/mol. The molecule has 10 heteroatoms. The molecule has 0 spiro atoms. The maximum absolute atomic E-state index is 13.3. The minimum absolute atomic E-state index is 0.0180. The van der Waals surface area contributed by atoms with Gasteiger partial charge in [0.25, 0.3) is 0 Å². The summed E-state index contributed by atoms with van der Waals surface area (Å²) in [6.45, 7) is 3.32. The van der Waals surface area contributed by atoms with E-state index in [1.807, 2.05) is 28.1 Å². The molecule has 0 saturated carbocycles. The molecule has 0 aliphatic carbocycles. The highest BCUT2D eigenvalue weighted by molar-refractivity contribution is 6.04. The summed E-state index contributed by atoms with van der Waals surface area (Å²) in [5.74, 6) is 0.267. The number of hydrogen-bond donors (Lipinski definition) is 1. The Hall–Kier alpha value is -3.82. The van der Waals surface area contributed by atoms with Crippen molar-refractivity contribution in [1.29, 1.82) is 0 Å². The lowest BCUT2D eigenvalue weighted by Gasteiger charge is -2.43. The molecule has 2 aliphatic rings.